The number of urea groups is 1. The fourth-order valence-electron chi connectivity index (χ4n) is 2.44. The zero-order valence-electron chi connectivity index (χ0n) is 10.4. The van der Waals surface area contributed by atoms with E-state index in [0.29, 0.717) is 6.54 Å². The van der Waals surface area contributed by atoms with Gasteiger partial charge in [0.05, 0.1) is 0 Å². The number of nitrogens with one attached hydrogen (secondary N) is 2. The van der Waals surface area contributed by atoms with Crippen LogP contribution in [-0.2, 0) is 6.54 Å². The molecule has 0 heterocycles. The molecule has 98 valence electrons. The van der Waals surface area contributed by atoms with Crippen molar-refractivity contribution in [1.29, 1.82) is 0 Å². The Morgan fingerprint density at radius 3 is 2.78 bits per heavy atom. The van der Waals surface area contributed by atoms with E-state index in [9.17, 15) is 9.90 Å². The van der Waals surface area contributed by atoms with Crippen LogP contribution in [0.5, 0.6) is 0 Å². The maximum atomic E-state index is 11.7. The summed E-state index contributed by atoms with van der Waals surface area (Å²) >= 11 is 0. The minimum atomic E-state index is -0.149. The van der Waals surface area contributed by atoms with Crippen LogP contribution < -0.4 is 10.6 Å². The molecule has 2 atom stereocenters. The molecule has 0 aromatic heterocycles. The van der Waals surface area contributed by atoms with Crippen LogP contribution in [-0.4, -0.2) is 23.8 Å². The molecule has 4 heteroatoms. The topological polar surface area (TPSA) is 61.4 Å². The molecule has 1 fully saturated rings. The first-order valence-electron chi connectivity index (χ1n) is 6.48. The summed E-state index contributed by atoms with van der Waals surface area (Å²) in [5.41, 5.74) is 1.08. The largest absolute Gasteiger partial charge is 0.396 e. The second kappa shape index (κ2) is 6.40. The number of carbonyl (C=O) groups excluding carboxylic acids is 1. The van der Waals surface area contributed by atoms with Crippen molar-refractivity contribution in [1.82, 2.24) is 10.6 Å². The quantitative estimate of drug-likeness (QED) is 0.758. The molecule has 2 amide bonds. The maximum Gasteiger partial charge on any atom is 0.315 e. The van der Waals surface area contributed by atoms with E-state index in [1.165, 1.54) is 0 Å². The number of hydrogen-bond acceptors (Lipinski definition) is 2. The fraction of sp³-hybridized carbons (Fsp3) is 0.500. The number of aliphatic hydroxyl groups excluding tert-OH is 1. The summed E-state index contributed by atoms with van der Waals surface area (Å²) in [7, 11) is 0. The molecular weight excluding hydrogens is 228 g/mol. The molecule has 0 unspecified atom stereocenters. The monoisotopic (exact) mass is 248 g/mol. The Kier molecular flexibility index (Phi) is 4.59. The van der Waals surface area contributed by atoms with E-state index >= 15 is 0 Å². The minimum Gasteiger partial charge on any atom is -0.396 e. The van der Waals surface area contributed by atoms with Crippen molar-refractivity contribution in [3.8, 4) is 0 Å². The summed E-state index contributed by atoms with van der Waals surface area (Å²) < 4.78 is 0. The van der Waals surface area contributed by atoms with Gasteiger partial charge in [0.2, 0.25) is 0 Å². The van der Waals surface area contributed by atoms with Gasteiger partial charge in [-0.05, 0) is 18.4 Å². The van der Waals surface area contributed by atoms with Gasteiger partial charge in [-0.25, -0.2) is 4.79 Å². The first-order valence-corrected chi connectivity index (χ1v) is 6.48. The van der Waals surface area contributed by atoms with Crippen LogP contribution in [0.1, 0.15) is 24.8 Å². The predicted octanol–water partition coefficient (Wildman–Crippen LogP) is 1.65. The third kappa shape index (κ3) is 3.47. The van der Waals surface area contributed by atoms with Crippen molar-refractivity contribution < 1.29 is 9.90 Å². The van der Waals surface area contributed by atoms with Gasteiger partial charge in [0, 0.05) is 25.1 Å². The Labute approximate surface area is 107 Å². The summed E-state index contributed by atoms with van der Waals surface area (Å²) in [6, 6.07) is 9.78. The minimum absolute atomic E-state index is 0.116. The summed E-state index contributed by atoms with van der Waals surface area (Å²) in [6.45, 7) is 0.687. The molecule has 1 aliphatic rings. The highest BCUT2D eigenvalue weighted by Crippen LogP contribution is 2.24. The molecule has 0 aliphatic heterocycles. The number of aliphatic hydroxyl groups is 1. The number of amides is 2. The van der Waals surface area contributed by atoms with Crippen LogP contribution in [0.15, 0.2) is 30.3 Å². The second-order valence-corrected chi connectivity index (χ2v) is 4.79. The van der Waals surface area contributed by atoms with Crippen molar-refractivity contribution in [2.24, 2.45) is 5.92 Å². The normalized spacial score (nSPS) is 22.7. The Morgan fingerprint density at radius 1 is 1.28 bits per heavy atom. The molecule has 1 aliphatic carbocycles. The zero-order chi connectivity index (χ0) is 12.8. The van der Waals surface area contributed by atoms with Crippen LogP contribution in [0.25, 0.3) is 0 Å². The van der Waals surface area contributed by atoms with E-state index in [0.717, 1.165) is 24.8 Å². The lowest BCUT2D eigenvalue weighted by molar-refractivity contribution is 0.199. The highest BCUT2D eigenvalue weighted by Gasteiger charge is 2.27. The van der Waals surface area contributed by atoms with Gasteiger partial charge in [-0.2, -0.15) is 0 Å². The Bertz CT molecular complexity index is 381. The van der Waals surface area contributed by atoms with E-state index in [4.69, 9.17) is 0 Å². The number of hydrogen-bond donors (Lipinski definition) is 3. The van der Waals surface area contributed by atoms with Gasteiger partial charge in [0.1, 0.15) is 0 Å². The zero-order valence-corrected chi connectivity index (χ0v) is 10.4. The molecule has 1 aromatic carbocycles. The molecule has 4 nitrogen and oxygen atoms in total. The van der Waals surface area contributed by atoms with Gasteiger partial charge in [0.25, 0.3) is 0 Å². The third-order valence-corrected chi connectivity index (χ3v) is 3.51. The van der Waals surface area contributed by atoms with Gasteiger partial charge in [-0.3, -0.25) is 0 Å². The van der Waals surface area contributed by atoms with Crippen molar-refractivity contribution in [2.45, 2.75) is 31.8 Å². The molecule has 3 N–H and O–H groups in total. The summed E-state index contributed by atoms with van der Waals surface area (Å²) in [5.74, 6) is 0.215. The van der Waals surface area contributed by atoms with Crippen LogP contribution >= 0.6 is 0 Å². The molecule has 0 saturated heterocycles. The Morgan fingerprint density at radius 2 is 2.06 bits per heavy atom. The van der Waals surface area contributed by atoms with Crippen molar-refractivity contribution in [3.63, 3.8) is 0 Å². The lowest BCUT2D eigenvalue weighted by Gasteiger charge is -2.19. The van der Waals surface area contributed by atoms with E-state index in [2.05, 4.69) is 10.6 Å². The highest BCUT2D eigenvalue weighted by molar-refractivity contribution is 5.74. The number of benzene rings is 1. The van der Waals surface area contributed by atoms with Gasteiger partial charge >= 0.3 is 6.03 Å². The first kappa shape index (κ1) is 12.9. The lowest BCUT2D eigenvalue weighted by Crippen LogP contribution is -2.44. The van der Waals surface area contributed by atoms with E-state index in [1.54, 1.807) is 0 Å². The van der Waals surface area contributed by atoms with E-state index < -0.39 is 0 Å². The van der Waals surface area contributed by atoms with Crippen LogP contribution in [0, 0.1) is 5.92 Å². The Balaban J connectivity index is 1.75. The van der Waals surface area contributed by atoms with Gasteiger partial charge in [-0.15, -0.1) is 0 Å². The first-order chi connectivity index (χ1) is 8.79. The van der Waals surface area contributed by atoms with E-state index in [1.807, 2.05) is 30.3 Å². The SMILES string of the molecule is O=C(NCc1ccccc1)N[C@H]1CCC[C@H]1CO. The second-order valence-electron chi connectivity index (χ2n) is 4.79. The number of rotatable bonds is 4. The smallest absolute Gasteiger partial charge is 0.315 e. The molecule has 1 aromatic rings. The van der Waals surface area contributed by atoms with Crippen LogP contribution in [0.4, 0.5) is 4.79 Å². The van der Waals surface area contributed by atoms with Crippen LogP contribution in [0.3, 0.4) is 0 Å². The molecule has 18 heavy (non-hydrogen) atoms. The van der Waals surface area contributed by atoms with Crippen LogP contribution in [0.2, 0.25) is 0 Å². The van der Waals surface area contributed by atoms with Gasteiger partial charge in [-0.1, -0.05) is 36.8 Å². The molecule has 0 bridgehead atoms. The third-order valence-electron chi connectivity index (χ3n) is 3.51. The molecular formula is C14H20N2O2. The molecule has 0 radical (unpaired) electrons. The average Bonchev–Trinajstić information content (AvgIpc) is 2.85. The summed E-state index contributed by atoms with van der Waals surface area (Å²) in [4.78, 5) is 11.7. The predicted molar refractivity (Wildman–Crippen MR) is 70.0 cm³/mol. The average molecular weight is 248 g/mol. The lowest BCUT2D eigenvalue weighted by atomic mass is 10.1. The van der Waals surface area contributed by atoms with Crippen molar-refractivity contribution in [2.75, 3.05) is 6.61 Å². The highest BCUT2D eigenvalue weighted by atomic mass is 16.3. The van der Waals surface area contributed by atoms with Crippen molar-refractivity contribution >= 4 is 6.03 Å². The van der Waals surface area contributed by atoms with Gasteiger partial charge < -0.3 is 15.7 Å². The Hall–Kier alpha value is -1.55. The summed E-state index contributed by atoms with van der Waals surface area (Å²) in [6.07, 6.45) is 3.04. The molecule has 2 rings (SSSR count). The molecule has 1 saturated carbocycles. The number of carbonyl (C=O) groups is 1. The van der Waals surface area contributed by atoms with Gasteiger partial charge in [0.15, 0.2) is 0 Å². The van der Waals surface area contributed by atoms with E-state index in [-0.39, 0.29) is 24.6 Å². The van der Waals surface area contributed by atoms with Crippen molar-refractivity contribution in [3.05, 3.63) is 35.9 Å². The molecule has 0 spiro atoms. The fourth-order valence-corrected chi connectivity index (χ4v) is 2.44. The maximum absolute atomic E-state index is 11.7. The summed E-state index contributed by atoms with van der Waals surface area (Å²) in [5, 5.41) is 15.0. The standard InChI is InChI=1S/C14H20N2O2/c17-10-12-7-4-8-13(12)16-14(18)15-9-11-5-2-1-3-6-11/h1-3,5-6,12-13,17H,4,7-10H2,(H2,15,16,18)/t12-,13-/m0/s1.